The fourth-order valence-electron chi connectivity index (χ4n) is 0.155. The predicted molar refractivity (Wildman–Crippen MR) is 31.4 cm³/mol. The number of hydrogen-bond donors (Lipinski definition) is 0. The molecular weight excluding hydrogens is 108 g/mol. The summed E-state index contributed by atoms with van der Waals surface area (Å²) in [6, 6.07) is 0. The van der Waals surface area contributed by atoms with E-state index in [4.69, 9.17) is 5.53 Å². The van der Waals surface area contributed by atoms with Crippen LogP contribution in [0.2, 0.25) is 0 Å². The lowest BCUT2D eigenvalue weighted by Gasteiger charge is -1.99. The van der Waals surface area contributed by atoms with E-state index in [1.165, 1.54) is 0 Å². The van der Waals surface area contributed by atoms with E-state index in [-0.39, 0.29) is 0 Å². The highest BCUT2D eigenvalue weighted by molar-refractivity contribution is 6.28. The van der Waals surface area contributed by atoms with Crippen molar-refractivity contribution in [1.29, 1.82) is 0 Å². The predicted octanol–water partition coefficient (Wildman–Crippen LogP) is -0.143. The normalized spacial score (nSPS) is 10.1. The van der Waals surface area contributed by atoms with Gasteiger partial charge in [-0.15, -0.1) is 4.78 Å². The van der Waals surface area contributed by atoms with Crippen molar-refractivity contribution < 1.29 is 0 Å². The third kappa shape index (κ3) is 5.49. The molecule has 7 heavy (non-hydrogen) atoms. The van der Waals surface area contributed by atoms with Gasteiger partial charge >= 0.3 is 0 Å². The minimum absolute atomic E-state index is 0.612. The third-order valence-corrected chi connectivity index (χ3v) is 1.23. The van der Waals surface area contributed by atoms with Gasteiger partial charge in [-0.3, -0.25) is 0 Å². The fourth-order valence-corrected chi connectivity index (χ4v) is 0.464. The first kappa shape index (κ1) is 6.49. The Morgan fingerprint density at radius 2 is 2.29 bits per heavy atom. The maximum absolute atomic E-state index is 7.78. The molecule has 0 spiro atoms. The van der Waals surface area contributed by atoms with E-state index in [2.05, 4.69) is 9.69 Å². The van der Waals surface area contributed by atoms with Gasteiger partial charge in [-0.25, -0.2) is 0 Å². The molecule has 0 bridgehead atoms. The molecule has 0 amide bonds. The Morgan fingerprint density at radius 3 is 2.43 bits per heavy atom. The maximum Gasteiger partial charge on any atom is 0.195 e. The standard InChI is InChI=1S/C2H8N4Si/c1-6(2)7-5-4-3/h7H2,1-2H3. The second-order valence-corrected chi connectivity index (χ2v) is 3.28. The number of azide groups is 1. The summed E-state index contributed by atoms with van der Waals surface area (Å²) >= 11 is 0. The molecule has 0 unspecified atom stereocenters. The summed E-state index contributed by atoms with van der Waals surface area (Å²) in [7, 11) is 3.20. The van der Waals surface area contributed by atoms with Gasteiger partial charge in [0, 0.05) is 0 Å². The van der Waals surface area contributed by atoms with E-state index >= 15 is 0 Å². The van der Waals surface area contributed by atoms with Crippen LogP contribution in [0, 0.1) is 0 Å². The first-order valence-electron chi connectivity index (χ1n) is 1.93. The Morgan fingerprint density at radius 1 is 1.71 bits per heavy atom. The molecular formula is C2H8N4Si. The molecule has 5 heteroatoms. The van der Waals surface area contributed by atoms with Gasteiger partial charge in [0.1, 0.15) is 0 Å². The molecule has 0 saturated heterocycles. The molecule has 0 N–H and O–H groups in total. The van der Waals surface area contributed by atoms with Crippen molar-refractivity contribution in [2.75, 3.05) is 14.1 Å². The zero-order valence-corrected chi connectivity index (χ0v) is 5.91. The van der Waals surface area contributed by atoms with Gasteiger partial charge < -0.3 is 4.57 Å². The second kappa shape index (κ2) is 3.67. The molecule has 0 aromatic rings. The first-order valence-corrected chi connectivity index (χ1v) is 3.19. The average Bonchev–Trinajstić information content (AvgIpc) is 1.61. The van der Waals surface area contributed by atoms with Crippen LogP contribution in [0.4, 0.5) is 0 Å². The highest BCUT2D eigenvalue weighted by Gasteiger charge is 1.80. The van der Waals surface area contributed by atoms with Crippen molar-refractivity contribution in [3.8, 4) is 0 Å². The summed E-state index contributed by atoms with van der Waals surface area (Å²) in [6.07, 6.45) is 0. The SMILES string of the molecule is CN(C)[SiH2]N=[N+]=[N-]. The third-order valence-electron chi connectivity index (χ3n) is 0.409. The van der Waals surface area contributed by atoms with E-state index in [0.717, 1.165) is 0 Å². The van der Waals surface area contributed by atoms with E-state index in [1.54, 1.807) is 0 Å². The highest BCUT2D eigenvalue weighted by Crippen LogP contribution is 1.68. The molecule has 0 fully saturated rings. The molecule has 0 heterocycles. The van der Waals surface area contributed by atoms with Crippen LogP contribution in [0.3, 0.4) is 0 Å². The van der Waals surface area contributed by atoms with Crippen LogP contribution in [0.1, 0.15) is 0 Å². The summed E-state index contributed by atoms with van der Waals surface area (Å²) in [5.41, 5.74) is 7.78. The van der Waals surface area contributed by atoms with E-state index in [0.29, 0.717) is 0 Å². The zero-order chi connectivity index (χ0) is 5.70. The number of nitrogens with zero attached hydrogens (tertiary/aromatic N) is 4. The lowest BCUT2D eigenvalue weighted by molar-refractivity contribution is 0.660. The topological polar surface area (TPSA) is 52.0 Å². The van der Waals surface area contributed by atoms with Crippen molar-refractivity contribution in [1.82, 2.24) is 4.57 Å². The molecule has 0 saturated carbocycles. The first-order chi connectivity index (χ1) is 3.27. The largest absolute Gasteiger partial charge is 0.330 e. The molecule has 0 aromatic carbocycles. The van der Waals surface area contributed by atoms with Gasteiger partial charge in [-0.05, 0) is 24.5 Å². The Kier molecular flexibility index (Phi) is 3.40. The van der Waals surface area contributed by atoms with Crippen LogP contribution in [0.5, 0.6) is 0 Å². The molecule has 40 valence electrons. The van der Waals surface area contributed by atoms with Crippen molar-refractivity contribution in [2.45, 2.75) is 0 Å². The minimum atomic E-state index is -0.612. The lowest BCUT2D eigenvalue weighted by atomic mass is 11.3. The summed E-state index contributed by atoms with van der Waals surface area (Å²) in [5, 5.41) is 0. The van der Waals surface area contributed by atoms with Crippen LogP contribution in [0.25, 0.3) is 10.4 Å². The lowest BCUT2D eigenvalue weighted by Crippen LogP contribution is -2.14. The van der Waals surface area contributed by atoms with Crippen LogP contribution in [0.15, 0.2) is 4.78 Å². The van der Waals surface area contributed by atoms with E-state index in [1.807, 2.05) is 18.7 Å². The van der Waals surface area contributed by atoms with Crippen LogP contribution < -0.4 is 0 Å². The Balaban J connectivity index is 3.13. The van der Waals surface area contributed by atoms with Gasteiger partial charge in [0.05, 0.1) is 0 Å². The summed E-state index contributed by atoms with van der Waals surface area (Å²) in [6.45, 7) is 0. The zero-order valence-electron chi connectivity index (χ0n) is 4.50. The van der Waals surface area contributed by atoms with Gasteiger partial charge in [-0.2, -0.15) is 0 Å². The Labute approximate surface area is 44.7 Å². The minimum Gasteiger partial charge on any atom is -0.330 e. The summed E-state index contributed by atoms with van der Waals surface area (Å²) in [4.78, 5) is 2.62. The van der Waals surface area contributed by atoms with Gasteiger partial charge in [0.2, 0.25) is 0 Å². The number of rotatable bonds is 2. The van der Waals surface area contributed by atoms with Crippen LogP contribution in [-0.2, 0) is 0 Å². The van der Waals surface area contributed by atoms with Gasteiger partial charge in [0.15, 0.2) is 9.84 Å². The van der Waals surface area contributed by atoms with Gasteiger partial charge in [0.25, 0.3) is 0 Å². The number of hydrogen-bond acceptors (Lipinski definition) is 2. The fraction of sp³-hybridized carbons (Fsp3) is 1.00. The van der Waals surface area contributed by atoms with Crippen molar-refractivity contribution in [3.63, 3.8) is 0 Å². The molecule has 0 aliphatic heterocycles. The van der Waals surface area contributed by atoms with Crippen molar-refractivity contribution in [3.05, 3.63) is 10.4 Å². The molecule has 0 aliphatic carbocycles. The van der Waals surface area contributed by atoms with E-state index in [9.17, 15) is 0 Å². The maximum atomic E-state index is 7.78. The Hall–Kier alpha value is -0.513. The smallest absolute Gasteiger partial charge is 0.195 e. The van der Waals surface area contributed by atoms with E-state index < -0.39 is 9.84 Å². The second-order valence-electron chi connectivity index (χ2n) is 1.45. The van der Waals surface area contributed by atoms with Crippen molar-refractivity contribution >= 4 is 9.84 Å². The molecule has 0 rings (SSSR count). The molecule has 0 atom stereocenters. The quantitative estimate of drug-likeness (QED) is 0.214. The van der Waals surface area contributed by atoms with Crippen LogP contribution in [-0.4, -0.2) is 28.5 Å². The Bertz CT molecular complexity index is 83.7. The molecule has 0 radical (unpaired) electrons. The molecule has 0 aromatic heterocycles. The van der Waals surface area contributed by atoms with Crippen LogP contribution >= 0.6 is 0 Å². The summed E-state index contributed by atoms with van der Waals surface area (Å²) < 4.78 is 5.35. The van der Waals surface area contributed by atoms with Gasteiger partial charge in [-0.1, -0.05) is 0 Å². The average molecular weight is 116 g/mol. The molecule has 4 nitrogen and oxygen atoms in total. The molecule has 0 aliphatic rings. The van der Waals surface area contributed by atoms with Crippen molar-refractivity contribution in [2.24, 2.45) is 4.78 Å². The monoisotopic (exact) mass is 116 g/mol. The summed E-state index contributed by atoms with van der Waals surface area (Å²) in [5.74, 6) is 0. The highest BCUT2D eigenvalue weighted by atomic mass is 28.2.